The van der Waals surface area contributed by atoms with Crippen molar-refractivity contribution in [3.8, 4) is 0 Å². The third-order valence-electron chi connectivity index (χ3n) is 3.90. The van der Waals surface area contributed by atoms with Crippen molar-refractivity contribution in [1.82, 2.24) is 15.1 Å². The summed E-state index contributed by atoms with van der Waals surface area (Å²) in [4.78, 5) is 18.9. The van der Waals surface area contributed by atoms with Crippen LogP contribution >= 0.6 is 11.3 Å². The van der Waals surface area contributed by atoms with Crippen molar-refractivity contribution >= 4 is 17.2 Å². The summed E-state index contributed by atoms with van der Waals surface area (Å²) in [6, 6.07) is 4.80. The Morgan fingerprint density at radius 3 is 2.85 bits per heavy atom. The van der Waals surface area contributed by atoms with Gasteiger partial charge in [0.15, 0.2) is 0 Å². The number of aryl methyl sites for hydroxylation is 1. The molecule has 20 heavy (non-hydrogen) atoms. The fraction of sp³-hybridized carbons (Fsp3) is 0.667. The Balaban J connectivity index is 1.92. The lowest BCUT2D eigenvalue weighted by atomic mass is 10.3. The topological polar surface area (TPSA) is 35.6 Å². The zero-order valence-electron chi connectivity index (χ0n) is 12.8. The molecule has 2 rings (SSSR count). The molecule has 0 aromatic carbocycles. The Hall–Kier alpha value is -0.910. The van der Waals surface area contributed by atoms with Crippen LogP contribution in [-0.4, -0.2) is 48.4 Å². The number of amides is 1. The molecule has 1 aromatic heterocycles. The van der Waals surface area contributed by atoms with E-state index in [1.807, 2.05) is 4.90 Å². The van der Waals surface area contributed by atoms with Crippen molar-refractivity contribution < 1.29 is 4.79 Å². The van der Waals surface area contributed by atoms with E-state index in [1.54, 1.807) is 11.3 Å². The van der Waals surface area contributed by atoms with Gasteiger partial charge in [-0.1, -0.05) is 0 Å². The maximum Gasteiger partial charge on any atom is 0.238 e. The second kappa shape index (κ2) is 6.70. The minimum absolute atomic E-state index is 0.0746. The van der Waals surface area contributed by atoms with Gasteiger partial charge in [0.1, 0.15) is 6.17 Å². The lowest BCUT2D eigenvalue weighted by Crippen LogP contribution is -2.34. The fourth-order valence-electron chi connectivity index (χ4n) is 2.40. The number of nitrogens with zero attached hydrogens (tertiary/aromatic N) is 2. The van der Waals surface area contributed by atoms with E-state index in [4.69, 9.17) is 0 Å². The number of carbonyl (C=O) groups excluding carboxylic acids is 1. The van der Waals surface area contributed by atoms with Crippen LogP contribution in [-0.2, 0) is 4.79 Å². The number of thiophene rings is 1. The van der Waals surface area contributed by atoms with Crippen LogP contribution in [0.25, 0.3) is 0 Å². The number of rotatable bonds is 6. The van der Waals surface area contributed by atoms with E-state index >= 15 is 0 Å². The molecular weight excluding hydrogens is 270 g/mol. The molecule has 1 fully saturated rings. The quantitative estimate of drug-likeness (QED) is 0.874. The number of hydrogen-bond acceptors (Lipinski definition) is 4. The molecule has 1 saturated heterocycles. The van der Waals surface area contributed by atoms with Crippen LogP contribution in [0.4, 0.5) is 0 Å². The van der Waals surface area contributed by atoms with Crippen molar-refractivity contribution in [3.63, 3.8) is 0 Å². The Morgan fingerprint density at radius 2 is 2.25 bits per heavy atom. The van der Waals surface area contributed by atoms with Crippen LogP contribution in [0.2, 0.25) is 0 Å². The summed E-state index contributed by atoms with van der Waals surface area (Å²) in [5, 5.41) is 3.32. The van der Waals surface area contributed by atoms with Crippen LogP contribution in [0, 0.1) is 6.92 Å². The van der Waals surface area contributed by atoms with Gasteiger partial charge >= 0.3 is 0 Å². The molecule has 112 valence electrons. The van der Waals surface area contributed by atoms with E-state index in [0.29, 0.717) is 12.6 Å². The molecule has 0 radical (unpaired) electrons. The Morgan fingerprint density at radius 1 is 1.50 bits per heavy atom. The van der Waals surface area contributed by atoms with Crippen molar-refractivity contribution in [3.05, 3.63) is 21.9 Å². The third kappa shape index (κ3) is 3.59. The summed E-state index contributed by atoms with van der Waals surface area (Å²) >= 11 is 1.77. The Bertz CT molecular complexity index is 458. The SMILES string of the molecule is Cc1ccc(C2NCC(=O)N2CCCN(C)C(C)C)s1. The average Bonchev–Trinajstić information content (AvgIpc) is 2.96. The van der Waals surface area contributed by atoms with Gasteiger partial charge in [-0.3, -0.25) is 10.1 Å². The first kappa shape index (κ1) is 15.5. The number of carbonyl (C=O) groups is 1. The molecular formula is C15H25N3OS. The van der Waals surface area contributed by atoms with E-state index < -0.39 is 0 Å². The molecule has 1 N–H and O–H groups in total. The molecule has 1 aliphatic heterocycles. The molecule has 0 bridgehead atoms. The standard InChI is InChI=1S/C15H25N3OS/c1-11(2)17(4)8-5-9-18-14(19)10-16-15(18)13-7-6-12(3)20-13/h6-7,11,15-16H,5,8-10H2,1-4H3. The van der Waals surface area contributed by atoms with Gasteiger partial charge in [0.2, 0.25) is 5.91 Å². The molecule has 0 spiro atoms. The van der Waals surface area contributed by atoms with Gasteiger partial charge in [-0.2, -0.15) is 0 Å². The predicted octanol–water partition coefficient (Wildman–Crippen LogP) is 2.22. The summed E-state index contributed by atoms with van der Waals surface area (Å²) in [5.74, 6) is 0.216. The van der Waals surface area contributed by atoms with Crippen LogP contribution in [0.15, 0.2) is 12.1 Å². The highest BCUT2D eigenvalue weighted by molar-refractivity contribution is 7.12. The molecule has 0 saturated carbocycles. The number of nitrogens with one attached hydrogen (secondary N) is 1. The lowest BCUT2D eigenvalue weighted by molar-refractivity contribution is -0.128. The van der Waals surface area contributed by atoms with Crippen molar-refractivity contribution in [2.45, 2.75) is 39.4 Å². The second-order valence-electron chi connectivity index (χ2n) is 5.75. The summed E-state index contributed by atoms with van der Waals surface area (Å²) in [6.45, 7) is 8.80. The molecule has 4 nitrogen and oxygen atoms in total. The minimum Gasteiger partial charge on any atom is -0.321 e. The zero-order chi connectivity index (χ0) is 14.7. The first-order chi connectivity index (χ1) is 9.49. The molecule has 5 heteroatoms. The third-order valence-corrected chi connectivity index (χ3v) is 4.95. The molecule has 1 aromatic rings. The molecule has 1 unspecified atom stereocenters. The normalized spacial score (nSPS) is 19.6. The first-order valence-corrected chi connectivity index (χ1v) is 8.10. The maximum atomic E-state index is 12.0. The number of hydrogen-bond donors (Lipinski definition) is 1. The van der Waals surface area contributed by atoms with Gasteiger partial charge in [-0.05, 0) is 52.9 Å². The highest BCUT2D eigenvalue weighted by atomic mass is 32.1. The van der Waals surface area contributed by atoms with E-state index in [9.17, 15) is 4.79 Å². The van der Waals surface area contributed by atoms with Gasteiger partial charge in [0.05, 0.1) is 6.54 Å². The van der Waals surface area contributed by atoms with Crippen molar-refractivity contribution in [2.75, 3.05) is 26.7 Å². The Labute approximate surface area is 125 Å². The van der Waals surface area contributed by atoms with Gasteiger partial charge < -0.3 is 9.80 Å². The van der Waals surface area contributed by atoms with E-state index in [-0.39, 0.29) is 12.1 Å². The second-order valence-corrected chi connectivity index (χ2v) is 7.07. The highest BCUT2D eigenvalue weighted by Crippen LogP contribution is 2.28. The van der Waals surface area contributed by atoms with Crippen molar-refractivity contribution in [2.24, 2.45) is 0 Å². The van der Waals surface area contributed by atoms with Gasteiger partial charge in [-0.15, -0.1) is 11.3 Å². The van der Waals surface area contributed by atoms with E-state index in [0.717, 1.165) is 19.5 Å². The predicted molar refractivity (Wildman–Crippen MR) is 83.9 cm³/mol. The average molecular weight is 295 g/mol. The summed E-state index contributed by atoms with van der Waals surface area (Å²) in [5.41, 5.74) is 0. The van der Waals surface area contributed by atoms with E-state index in [2.05, 4.69) is 50.2 Å². The molecule has 0 aliphatic carbocycles. The van der Waals surface area contributed by atoms with Crippen LogP contribution in [0.5, 0.6) is 0 Å². The van der Waals surface area contributed by atoms with E-state index in [1.165, 1.54) is 9.75 Å². The minimum atomic E-state index is 0.0746. The summed E-state index contributed by atoms with van der Waals surface area (Å²) < 4.78 is 0. The molecule has 2 heterocycles. The first-order valence-electron chi connectivity index (χ1n) is 7.28. The monoisotopic (exact) mass is 295 g/mol. The van der Waals surface area contributed by atoms with Crippen LogP contribution in [0.3, 0.4) is 0 Å². The zero-order valence-corrected chi connectivity index (χ0v) is 13.7. The van der Waals surface area contributed by atoms with Gasteiger partial charge in [0.25, 0.3) is 0 Å². The maximum absolute atomic E-state index is 12.0. The van der Waals surface area contributed by atoms with Crippen LogP contribution < -0.4 is 5.32 Å². The molecule has 1 aliphatic rings. The molecule has 1 amide bonds. The Kier molecular flexibility index (Phi) is 5.18. The smallest absolute Gasteiger partial charge is 0.238 e. The molecule has 1 atom stereocenters. The highest BCUT2D eigenvalue weighted by Gasteiger charge is 2.31. The fourth-order valence-corrected chi connectivity index (χ4v) is 3.36. The lowest BCUT2D eigenvalue weighted by Gasteiger charge is -2.26. The van der Waals surface area contributed by atoms with Crippen molar-refractivity contribution in [1.29, 1.82) is 0 Å². The van der Waals surface area contributed by atoms with Gasteiger partial charge in [-0.25, -0.2) is 0 Å². The van der Waals surface area contributed by atoms with Crippen LogP contribution in [0.1, 0.15) is 36.2 Å². The summed E-state index contributed by atoms with van der Waals surface area (Å²) in [7, 11) is 2.13. The largest absolute Gasteiger partial charge is 0.321 e. The van der Waals surface area contributed by atoms with Gasteiger partial charge in [0, 0.05) is 22.3 Å². The summed E-state index contributed by atoms with van der Waals surface area (Å²) in [6.07, 6.45) is 1.09.